The molecule has 1 saturated heterocycles. The number of aromatic nitrogens is 2. The number of fused-ring (bicyclic) bond motifs is 1. The average Bonchev–Trinajstić information content (AvgIpc) is 3.37. The number of aryl methyl sites for hydroxylation is 2. The number of ether oxygens (including phenoxy) is 1. The molecular formula is C27H23N3O5. The van der Waals surface area contributed by atoms with Gasteiger partial charge in [0.1, 0.15) is 17.3 Å². The second kappa shape index (κ2) is 8.32. The lowest BCUT2D eigenvalue weighted by atomic mass is 9.93. The molecule has 1 aromatic heterocycles. The smallest absolute Gasteiger partial charge is 0.302 e. The summed E-state index contributed by atoms with van der Waals surface area (Å²) in [5.41, 5.74) is 3.71. The molecule has 8 heteroatoms. The number of ketones is 1. The third-order valence-electron chi connectivity index (χ3n) is 6.14. The van der Waals surface area contributed by atoms with Crippen molar-refractivity contribution in [2.24, 2.45) is 0 Å². The Labute approximate surface area is 201 Å². The zero-order valence-corrected chi connectivity index (χ0v) is 19.4. The van der Waals surface area contributed by atoms with Crippen molar-refractivity contribution in [3.8, 4) is 11.5 Å². The molecule has 0 spiro atoms. The monoisotopic (exact) mass is 469 g/mol. The van der Waals surface area contributed by atoms with Crippen LogP contribution in [-0.2, 0) is 9.59 Å². The molecule has 5 rings (SSSR count). The van der Waals surface area contributed by atoms with Gasteiger partial charge in [-0.25, -0.2) is 4.98 Å². The van der Waals surface area contributed by atoms with E-state index in [1.54, 1.807) is 24.3 Å². The number of aliphatic hydroxyl groups is 1. The van der Waals surface area contributed by atoms with Gasteiger partial charge < -0.3 is 19.9 Å². The number of imidazole rings is 1. The number of H-pyrrole nitrogens is 1. The summed E-state index contributed by atoms with van der Waals surface area (Å²) in [6.07, 6.45) is 0. The van der Waals surface area contributed by atoms with Crippen molar-refractivity contribution < 1.29 is 24.5 Å². The second-order valence-corrected chi connectivity index (χ2v) is 8.50. The number of hydrogen-bond donors (Lipinski definition) is 3. The topological polar surface area (TPSA) is 116 Å². The van der Waals surface area contributed by atoms with E-state index in [4.69, 9.17) is 4.74 Å². The number of hydrogen-bond acceptors (Lipinski definition) is 6. The number of phenolic OH excluding ortho intramolecular Hbond substituents is 1. The highest BCUT2D eigenvalue weighted by Gasteiger charge is 2.48. The quantitative estimate of drug-likeness (QED) is 0.230. The van der Waals surface area contributed by atoms with Crippen LogP contribution < -0.4 is 9.64 Å². The average molecular weight is 469 g/mol. The molecule has 35 heavy (non-hydrogen) atoms. The van der Waals surface area contributed by atoms with Crippen molar-refractivity contribution in [1.82, 2.24) is 9.97 Å². The summed E-state index contributed by atoms with van der Waals surface area (Å²) in [6.45, 7) is 3.71. The molecule has 3 N–H and O–H groups in total. The van der Waals surface area contributed by atoms with Crippen LogP contribution in [-0.4, -0.2) is 39.0 Å². The molecule has 4 aromatic rings. The lowest BCUT2D eigenvalue weighted by Crippen LogP contribution is -2.30. The number of aliphatic hydroxyl groups excluding tert-OH is 1. The van der Waals surface area contributed by atoms with Gasteiger partial charge >= 0.3 is 5.91 Å². The van der Waals surface area contributed by atoms with Crippen LogP contribution in [0.1, 0.15) is 28.3 Å². The minimum absolute atomic E-state index is 0.0328. The normalized spacial score (nSPS) is 17.3. The summed E-state index contributed by atoms with van der Waals surface area (Å²) in [7, 11) is 1.49. The number of nitrogens with zero attached hydrogens (tertiary/aromatic N) is 2. The molecule has 2 heterocycles. The molecule has 0 saturated carbocycles. The summed E-state index contributed by atoms with van der Waals surface area (Å²) in [5.74, 6) is -1.39. The molecule has 1 aliphatic heterocycles. The van der Waals surface area contributed by atoms with Gasteiger partial charge in [0.15, 0.2) is 0 Å². The molecule has 1 aliphatic rings. The van der Waals surface area contributed by atoms with Crippen LogP contribution in [0.2, 0.25) is 0 Å². The number of nitrogens with one attached hydrogen (secondary N) is 1. The predicted octanol–water partition coefficient (Wildman–Crippen LogP) is 4.52. The van der Waals surface area contributed by atoms with Crippen molar-refractivity contribution >= 4 is 34.4 Å². The van der Waals surface area contributed by atoms with E-state index in [0.717, 1.165) is 11.1 Å². The first-order valence-corrected chi connectivity index (χ1v) is 11.0. The number of phenols is 1. The molecule has 0 aliphatic carbocycles. The van der Waals surface area contributed by atoms with Crippen LogP contribution >= 0.6 is 0 Å². The van der Waals surface area contributed by atoms with Crippen LogP contribution in [0.4, 0.5) is 5.95 Å². The maximum atomic E-state index is 13.4. The number of aromatic amines is 1. The molecule has 0 radical (unpaired) electrons. The first-order valence-electron chi connectivity index (χ1n) is 11.0. The first kappa shape index (κ1) is 22.2. The molecule has 0 bridgehead atoms. The second-order valence-electron chi connectivity index (χ2n) is 8.50. The lowest BCUT2D eigenvalue weighted by Gasteiger charge is -2.23. The van der Waals surface area contributed by atoms with E-state index in [0.29, 0.717) is 27.9 Å². The predicted molar refractivity (Wildman–Crippen MR) is 131 cm³/mol. The summed E-state index contributed by atoms with van der Waals surface area (Å²) in [6, 6.07) is 16.0. The highest BCUT2D eigenvalue weighted by atomic mass is 16.5. The fourth-order valence-corrected chi connectivity index (χ4v) is 4.62. The van der Waals surface area contributed by atoms with Crippen LogP contribution in [0, 0.1) is 13.8 Å². The Balaban J connectivity index is 1.78. The molecule has 1 unspecified atom stereocenters. The highest BCUT2D eigenvalue weighted by Crippen LogP contribution is 2.43. The van der Waals surface area contributed by atoms with Crippen LogP contribution in [0.5, 0.6) is 11.5 Å². The molecule has 3 aromatic carbocycles. The van der Waals surface area contributed by atoms with Crippen LogP contribution in [0.3, 0.4) is 0 Å². The highest BCUT2D eigenvalue weighted by molar-refractivity contribution is 6.51. The number of methoxy groups -OCH3 is 1. The van der Waals surface area contributed by atoms with E-state index in [1.165, 1.54) is 24.1 Å². The van der Waals surface area contributed by atoms with Gasteiger partial charge in [-0.3, -0.25) is 14.5 Å². The van der Waals surface area contributed by atoms with Crippen molar-refractivity contribution in [3.05, 3.63) is 88.5 Å². The minimum Gasteiger partial charge on any atom is -0.508 e. The van der Waals surface area contributed by atoms with Gasteiger partial charge in [0, 0.05) is 0 Å². The number of carbonyl (C=O) groups is 2. The Morgan fingerprint density at radius 2 is 1.77 bits per heavy atom. The number of benzene rings is 3. The van der Waals surface area contributed by atoms with E-state index in [9.17, 15) is 19.8 Å². The van der Waals surface area contributed by atoms with E-state index in [1.807, 2.05) is 38.1 Å². The zero-order valence-electron chi connectivity index (χ0n) is 19.4. The van der Waals surface area contributed by atoms with Crippen molar-refractivity contribution in [2.75, 3.05) is 12.0 Å². The number of rotatable bonds is 4. The lowest BCUT2D eigenvalue weighted by molar-refractivity contribution is -0.132. The Kier molecular flexibility index (Phi) is 5.28. The van der Waals surface area contributed by atoms with Gasteiger partial charge in [0.05, 0.1) is 35.3 Å². The Hall–Kier alpha value is -4.59. The summed E-state index contributed by atoms with van der Waals surface area (Å²) in [4.78, 5) is 35.6. The number of Topliss-reactive ketones (excluding diaryl/α,β-unsaturated/α-hetero) is 1. The fraction of sp³-hybridized carbons (Fsp3) is 0.148. The van der Waals surface area contributed by atoms with Crippen molar-refractivity contribution in [3.63, 3.8) is 0 Å². The molecule has 8 nitrogen and oxygen atoms in total. The number of carbonyl (C=O) groups excluding carboxylic acids is 2. The van der Waals surface area contributed by atoms with E-state index >= 15 is 0 Å². The molecule has 176 valence electrons. The van der Waals surface area contributed by atoms with E-state index < -0.39 is 17.7 Å². The van der Waals surface area contributed by atoms with Crippen molar-refractivity contribution in [2.45, 2.75) is 19.9 Å². The van der Waals surface area contributed by atoms with Crippen molar-refractivity contribution in [1.29, 1.82) is 0 Å². The summed E-state index contributed by atoms with van der Waals surface area (Å²) >= 11 is 0. The van der Waals surface area contributed by atoms with E-state index in [2.05, 4.69) is 9.97 Å². The first-order chi connectivity index (χ1) is 16.8. The minimum atomic E-state index is -0.985. The van der Waals surface area contributed by atoms with E-state index in [-0.39, 0.29) is 23.0 Å². The van der Waals surface area contributed by atoms with Gasteiger partial charge in [-0.15, -0.1) is 0 Å². The zero-order chi connectivity index (χ0) is 24.9. The molecule has 1 fully saturated rings. The maximum absolute atomic E-state index is 13.4. The Morgan fingerprint density at radius 3 is 2.46 bits per heavy atom. The molecular weight excluding hydrogens is 446 g/mol. The largest absolute Gasteiger partial charge is 0.508 e. The van der Waals surface area contributed by atoms with Gasteiger partial charge in [0.25, 0.3) is 5.78 Å². The van der Waals surface area contributed by atoms with Gasteiger partial charge in [-0.1, -0.05) is 30.3 Å². The van der Waals surface area contributed by atoms with Crippen LogP contribution in [0.15, 0.2) is 66.2 Å². The number of amides is 1. The number of anilines is 1. The SMILES string of the molecule is COc1c(C)cc(C)cc1/C(O)=C1\C(=O)C(=O)N(c2nc3ccccc3[nH]2)C1c1ccc(O)cc1. The number of para-hydroxylation sites is 2. The standard InChI is InChI=1S/C27H23N3O5/c1-14-12-15(2)25(35-3)18(13-14)23(32)21-22(16-8-10-17(31)11-9-16)30(26(34)24(21)33)27-28-19-6-4-5-7-20(19)29-27/h4-13,22,31-32H,1-3H3,(H,28,29)/b23-21+. The molecule has 1 amide bonds. The van der Waals surface area contributed by atoms with Gasteiger partial charge in [0.2, 0.25) is 5.95 Å². The number of aromatic hydroxyl groups is 1. The Bertz CT molecular complexity index is 1480. The molecule has 1 atom stereocenters. The third-order valence-corrected chi connectivity index (χ3v) is 6.14. The fourth-order valence-electron chi connectivity index (χ4n) is 4.62. The third kappa shape index (κ3) is 3.59. The van der Waals surface area contributed by atoms with Gasteiger partial charge in [-0.05, 0) is 60.9 Å². The van der Waals surface area contributed by atoms with Crippen LogP contribution in [0.25, 0.3) is 16.8 Å². The summed E-state index contributed by atoms with van der Waals surface area (Å²) < 4.78 is 5.53. The maximum Gasteiger partial charge on any atom is 0.302 e. The summed E-state index contributed by atoms with van der Waals surface area (Å²) in [5, 5.41) is 21.3. The Morgan fingerprint density at radius 1 is 1.06 bits per heavy atom. The van der Waals surface area contributed by atoms with Gasteiger partial charge in [-0.2, -0.15) is 0 Å².